The van der Waals surface area contributed by atoms with E-state index in [4.69, 9.17) is 15.2 Å². The van der Waals surface area contributed by atoms with Crippen molar-refractivity contribution in [2.24, 2.45) is 0 Å². The molecule has 21 heavy (non-hydrogen) atoms. The van der Waals surface area contributed by atoms with Gasteiger partial charge in [-0.05, 0) is 25.5 Å². The summed E-state index contributed by atoms with van der Waals surface area (Å²) in [6, 6.07) is 9.51. The number of anilines is 1. The Balaban J connectivity index is 2.38. The molecule has 0 aliphatic rings. The van der Waals surface area contributed by atoms with Crippen LogP contribution in [0.25, 0.3) is 0 Å². The zero-order valence-electron chi connectivity index (χ0n) is 11.9. The van der Waals surface area contributed by atoms with Gasteiger partial charge in [-0.1, -0.05) is 18.2 Å². The van der Waals surface area contributed by atoms with Crippen molar-refractivity contribution in [3.63, 3.8) is 0 Å². The molecule has 0 bridgehead atoms. The van der Waals surface area contributed by atoms with Gasteiger partial charge in [0.1, 0.15) is 5.75 Å². The molecule has 0 saturated carbocycles. The van der Waals surface area contributed by atoms with E-state index in [0.29, 0.717) is 5.75 Å². The summed E-state index contributed by atoms with van der Waals surface area (Å²) in [4.78, 5) is 11.8. The van der Waals surface area contributed by atoms with E-state index in [1.165, 1.54) is 6.07 Å². The van der Waals surface area contributed by atoms with Crippen LogP contribution in [0.3, 0.4) is 0 Å². The summed E-state index contributed by atoms with van der Waals surface area (Å²) in [5, 5.41) is 0. The van der Waals surface area contributed by atoms with Crippen molar-refractivity contribution in [2.75, 3.05) is 12.3 Å². The molecule has 4 nitrogen and oxygen atoms in total. The van der Waals surface area contributed by atoms with Gasteiger partial charge in [-0.25, -0.2) is 9.18 Å². The van der Waals surface area contributed by atoms with Gasteiger partial charge in [-0.3, -0.25) is 0 Å². The fourth-order valence-electron chi connectivity index (χ4n) is 1.82. The van der Waals surface area contributed by atoms with Crippen molar-refractivity contribution < 1.29 is 18.7 Å². The van der Waals surface area contributed by atoms with Crippen LogP contribution in [0.1, 0.15) is 22.8 Å². The van der Waals surface area contributed by atoms with Gasteiger partial charge in [-0.15, -0.1) is 0 Å². The predicted octanol–water partition coefficient (Wildman–Crippen LogP) is 3.69. The predicted molar refractivity (Wildman–Crippen MR) is 78.0 cm³/mol. The van der Waals surface area contributed by atoms with E-state index in [1.54, 1.807) is 19.1 Å². The Kier molecular flexibility index (Phi) is 4.42. The maximum Gasteiger partial charge on any atom is 0.340 e. The van der Waals surface area contributed by atoms with Gasteiger partial charge in [0.15, 0.2) is 11.6 Å². The second-order valence-corrected chi connectivity index (χ2v) is 4.46. The van der Waals surface area contributed by atoms with Crippen LogP contribution in [0.15, 0.2) is 36.4 Å². The highest BCUT2D eigenvalue weighted by Gasteiger charge is 2.17. The Labute approximate surface area is 122 Å². The molecule has 0 aliphatic carbocycles. The monoisotopic (exact) mass is 289 g/mol. The van der Waals surface area contributed by atoms with Crippen LogP contribution >= 0.6 is 0 Å². The number of carbonyl (C=O) groups is 1. The molecule has 0 radical (unpaired) electrons. The van der Waals surface area contributed by atoms with E-state index in [1.807, 2.05) is 19.1 Å². The highest BCUT2D eigenvalue weighted by Crippen LogP contribution is 2.30. The van der Waals surface area contributed by atoms with Gasteiger partial charge in [0.25, 0.3) is 0 Å². The number of para-hydroxylation sites is 1. The number of esters is 1. The first kappa shape index (κ1) is 14.8. The number of hydrogen-bond donors (Lipinski definition) is 1. The molecule has 2 rings (SSSR count). The van der Waals surface area contributed by atoms with Crippen molar-refractivity contribution >= 4 is 11.7 Å². The fraction of sp³-hybridized carbons (Fsp3) is 0.188. The third-order valence-corrected chi connectivity index (χ3v) is 2.91. The minimum Gasteiger partial charge on any atom is -0.462 e. The number of carbonyl (C=O) groups excluding carboxylic acids is 1. The normalized spacial score (nSPS) is 10.2. The van der Waals surface area contributed by atoms with E-state index in [9.17, 15) is 9.18 Å². The summed E-state index contributed by atoms with van der Waals surface area (Å²) in [7, 11) is 0. The molecule has 0 fully saturated rings. The van der Waals surface area contributed by atoms with Crippen molar-refractivity contribution in [2.45, 2.75) is 13.8 Å². The minimum atomic E-state index is -0.635. The van der Waals surface area contributed by atoms with Crippen LogP contribution in [-0.2, 0) is 4.74 Å². The topological polar surface area (TPSA) is 61.5 Å². The molecular weight excluding hydrogens is 273 g/mol. The van der Waals surface area contributed by atoms with Crippen molar-refractivity contribution in [1.29, 1.82) is 0 Å². The molecule has 0 aromatic heterocycles. The third-order valence-electron chi connectivity index (χ3n) is 2.91. The second-order valence-electron chi connectivity index (χ2n) is 4.46. The molecule has 0 atom stereocenters. The van der Waals surface area contributed by atoms with E-state index in [2.05, 4.69) is 0 Å². The van der Waals surface area contributed by atoms with Crippen molar-refractivity contribution in [3.8, 4) is 11.5 Å². The summed E-state index contributed by atoms with van der Waals surface area (Å²) in [5.41, 5.74) is 6.60. The van der Waals surface area contributed by atoms with E-state index >= 15 is 0 Å². The Hall–Kier alpha value is -2.56. The molecule has 0 amide bonds. The second kappa shape index (κ2) is 6.26. The maximum absolute atomic E-state index is 13.9. The van der Waals surface area contributed by atoms with E-state index in [0.717, 1.165) is 11.6 Å². The number of halogens is 1. The summed E-state index contributed by atoms with van der Waals surface area (Å²) in [6.45, 7) is 3.74. The molecule has 0 spiro atoms. The Morgan fingerprint density at radius 3 is 2.62 bits per heavy atom. The first-order valence-corrected chi connectivity index (χ1v) is 6.52. The zero-order valence-corrected chi connectivity index (χ0v) is 11.9. The molecule has 0 aliphatic heterocycles. The summed E-state index contributed by atoms with van der Waals surface area (Å²) in [5.74, 6) is -0.800. The molecule has 2 aromatic rings. The third kappa shape index (κ3) is 3.31. The lowest BCUT2D eigenvalue weighted by molar-refractivity contribution is 0.0527. The Bertz CT molecular complexity index is 671. The zero-order chi connectivity index (χ0) is 15.4. The Morgan fingerprint density at radius 1 is 1.24 bits per heavy atom. The molecule has 0 heterocycles. The number of nitrogen functional groups attached to an aromatic ring is 1. The maximum atomic E-state index is 13.9. The number of nitrogens with two attached hydrogens (primary N) is 1. The van der Waals surface area contributed by atoms with Gasteiger partial charge < -0.3 is 15.2 Å². The number of ether oxygens (including phenoxy) is 2. The smallest absolute Gasteiger partial charge is 0.340 e. The fourth-order valence-corrected chi connectivity index (χ4v) is 1.82. The van der Waals surface area contributed by atoms with Crippen LogP contribution in [0.4, 0.5) is 10.1 Å². The first-order chi connectivity index (χ1) is 10.0. The SMILES string of the molecule is CCOC(=O)c1cc(Oc2ccccc2C)c(F)cc1N. The largest absolute Gasteiger partial charge is 0.462 e. The van der Waals surface area contributed by atoms with Gasteiger partial charge in [-0.2, -0.15) is 0 Å². The summed E-state index contributed by atoms with van der Waals surface area (Å²) < 4.78 is 24.3. The molecule has 110 valence electrons. The minimum absolute atomic E-state index is 0.0167. The van der Waals surface area contributed by atoms with Crippen LogP contribution < -0.4 is 10.5 Å². The van der Waals surface area contributed by atoms with Crippen molar-refractivity contribution in [3.05, 3.63) is 53.3 Å². The van der Waals surface area contributed by atoms with Crippen molar-refractivity contribution in [1.82, 2.24) is 0 Å². The molecule has 2 N–H and O–H groups in total. The van der Waals surface area contributed by atoms with E-state index in [-0.39, 0.29) is 23.6 Å². The Morgan fingerprint density at radius 2 is 1.95 bits per heavy atom. The lowest BCUT2D eigenvalue weighted by atomic mass is 10.1. The lowest BCUT2D eigenvalue weighted by Crippen LogP contribution is -2.09. The van der Waals surface area contributed by atoms with Gasteiger partial charge in [0.2, 0.25) is 0 Å². The lowest BCUT2D eigenvalue weighted by Gasteiger charge is -2.12. The average molecular weight is 289 g/mol. The average Bonchev–Trinajstić information content (AvgIpc) is 2.44. The molecule has 0 saturated heterocycles. The molecule has 5 heteroatoms. The number of aryl methyl sites for hydroxylation is 1. The summed E-state index contributed by atoms with van der Waals surface area (Å²) >= 11 is 0. The first-order valence-electron chi connectivity index (χ1n) is 6.52. The van der Waals surface area contributed by atoms with Crippen LogP contribution in [0.5, 0.6) is 11.5 Å². The highest BCUT2D eigenvalue weighted by atomic mass is 19.1. The standard InChI is InChI=1S/C16H16FNO3/c1-3-20-16(19)11-8-15(12(17)9-13(11)18)21-14-7-5-4-6-10(14)2/h4-9H,3,18H2,1-2H3. The van der Waals surface area contributed by atoms with Crippen LogP contribution in [-0.4, -0.2) is 12.6 Å². The molecule has 0 unspecified atom stereocenters. The van der Waals surface area contributed by atoms with Crippen LogP contribution in [0.2, 0.25) is 0 Å². The quantitative estimate of drug-likeness (QED) is 0.689. The van der Waals surface area contributed by atoms with Crippen LogP contribution in [0, 0.1) is 12.7 Å². The number of hydrogen-bond acceptors (Lipinski definition) is 4. The van der Waals surface area contributed by atoms with Gasteiger partial charge in [0, 0.05) is 17.8 Å². The van der Waals surface area contributed by atoms with Gasteiger partial charge in [0.05, 0.1) is 12.2 Å². The number of rotatable bonds is 4. The van der Waals surface area contributed by atoms with Gasteiger partial charge >= 0.3 is 5.97 Å². The molecule has 2 aromatic carbocycles. The molecular formula is C16H16FNO3. The highest BCUT2D eigenvalue weighted by molar-refractivity contribution is 5.95. The van der Waals surface area contributed by atoms with E-state index < -0.39 is 11.8 Å². The number of benzene rings is 2. The summed E-state index contributed by atoms with van der Waals surface area (Å²) in [6.07, 6.45) is 0.